The highest BCUT2D eigenvalue weighted by molar-refractivity contribution is 9.10. The Labute approximate surface area is 157 Å². The van der Waals surface area contributed by atoms with E-state index in [1.165, 1.54) is 5.56 Å². The van der Waals surface area contributed by atoms with Gasteiger partial charge in [0.2, 0.25) is 0 Å². The summed E-state index contributed by atoms with van der Waals surface area (Å²) in [7, 11) is 0. The normalized spacial score (nSPS) is 15.6. The number of carbonyl (C=O) groups excluding carboxylic acids is 1. The van der Waals surface area contributed by atoms with E-state index in [1.807, 2.05) is 35.2 Å². The maximum atomic E-state index is 12.5. The van der Waals surface area contributed by atoms with Gasteiger partial charge in [-0.2, -0.15) is 0 Å². The SMILES string of the molecule is O=C(COc1ccccc1Br)N1CCCN(Cc2ccccc2)CC1. The fraction of sp³-hybridized carbons (Fsp3) is 0.350. The third kappa shape index (κ3) is 5.31. The number of para-hydroxylation sites is 1. The molecule has 25 heavy (non-hydrogen) atoms. The van der Waals surface area contributed by atoms with Gasteiger partial charge in [-0.05, 0) is 40.0 Å². The molecule has 1 aliphatic rings. The molecule has 4 nitrogen and oxygen atoms in total. The fourth-order valence-electron chi connectivity index (χ4n) is 3.01. The van der Waals surface area contributed by atoms with Crippen LogP contribution in [0.4, 0.5) is 0 Å². The van der Waals surface area contributed by atoms with E-state index in [1.54, 1.807) is 0 Å². The lowest BCUT2D eigenvalue weighted by atomic mass is 10.2. The molecule has 5 heteroatoms. The van der Waals surface area contributed by atoms with Crippen LogP contribution >= 0.6 is 15.9 Å². The summed E-state index contributed by atoms with van der Waals surface area (Å²) in [6, 6.07) is 18.1. The van der Waals surface area contributed by atoms with Crippen LogP contribution in [0.25, 0.3) is 0 Å². The van der Waals surface area contributed by atoms with Gasteiger partial charge in [0.1, 0.15) is 5.75 Å². The van der Waals surface area contributed by atoms with Crippen molar-refractivity contribution >= 4 is 21.8 Å². The molecular weight excluding hydrogens is 380 g/mol. The molecule has 0 N–H and O–H groups in total. The lowest BCUT2D eigenvalue weighted by Gasteiger charge is -2.22. The Balaban J connectivity index is 1.49. The Bertz CT molecular complexity index is 693. The van der Waals surface area contributed by atoms with Gasteiger partial charge in [0.15, 0.2) is 6.61 Å². The number of rotatable bonds is 5. The Morgan fingerprint density at radius 3 is 2.52 bits per heavy atom. The van der Waals surface area contributed by atoms with Crippen LogP contribution in [0.2, 0.25) is 0 Å². The molecule has 0 unspecified atom stereocenters. The number of ether oxygens (including phenoxy) is 1. The highest BCUT2D eigenvalue weighted by Crippen LogP contribution is 2.23. The minimum atomic E-state index is 0.0531. The van der Waals surface area contributed by atoms with E-state index in [0.29, 0.717) is 5.75 Å². The molecule has 1 fully saturated rings. The van der Waals surface area contributed by atoms with Crippen LogP contribution in [0, 0.1) is 0 Å². The van der Waals surface area contributed by atoms with Gasteiger partial charge in [-0.15, -0.1) is 0 Å². The van der Waals surface area contributed by atoms with Crippen LogP contribution in [0.3, 0.4) is 0 Å². The van der Waals surface area contributed by atoms with Crippen molar-refractivity contribution in [2.45, 2.75) is 13.0 Å². The molecule has 2 aromatic rings. The van der Waals surface area contributed by atoms with Crippen LogP contribution in [-0.2, 0) is 11.3 Å². The number of benzene rings is 2. The van der Waals surface area contributed by atoms with Crippen LogP contribution in [-0.4, -0.2) is 48.5 Å². The summed E-state index contributed by atoms with van der Waals surface area (Å²) >= 11 is 3.44. The smallest absolute Gasteiger partial charge is 0.260 e. The quantitative estimate of drug-likeness (QED) is 0.766. The van der Waals surface area contributed by atoms with Crippen molar-refractivity contribution < 1.29 is 9.53 Å². The van der Waals surface area contributed by atoms with Gasteiger partial charge in [0, 0.05) is 32.7 Å². The van der Waals surface area contributed by atoms with Crippen molar-refractivity contribution in [3.8, 4) is 5.75 Å². The number of carbonyl (C=O) groups is 1. The van der Waals surface area contributed by atoms with Gasteiger partial charge < -0.3 is 9.64 Å². The van der Waals surface area contributed by atoms with Crippen molar-refractivity contribution in [2.24, 2.45) is 0 Å². The monoisotopic (exact) mass is 402 g/mol. The number of nitrogens with zero attached hydrogens (tertiary/aromatic N) is 2. The van der Waals surface area contributed by atoms with Gasteiger partial charge in [0.25, 0.3) is 5.91 Å². The maximum absolute atomic E-state index is 12.5. The van der Waals surface area contributed by atoms with Crippen molar-refractivity contribution in [3.05, 3.63) is 64.6 Å². The standard InChI is InChI=1S/C20H23BrN2O2/c21-18-9-4-5-10-19(18)25-16-20(24)23-12-6-11-22(13-14-23)15-17-7-2-1-3-8-17/h1-5,7-10H,6,11-16H2. The summed E-state index contributed by atoms with van der Waals surface area (Å²) < 4.78 is 6.53. The molecule has 0 radical (unpaired) electrons. The molecule has 0 saturated carbocycles. The molecule has 1 heterocycles. The highest BCUT2D eigenvalue weighted by Gasteiger charge is 2.19. The van der Waals surface area contributed by atoms with Crippen LogP contribution in [0.15, 0.2) is 59.1 Å². The molecular formula is C20H23BrN2O2. The van der Waals surface area contributed by atoms with Crippen LogP contribution < -0.4 is 4.74 Å². The Morgan fingerprint density at radius 1 is 0.960 bits per heavy atom. The van der Waals surface area contributed by atoms with Crippen LogP contribution in [0.1, 0.15) is 12.0 Å². The Kier molecular flexibility index (Phi) is 6.48. The summed E-state index contributed by atoms with van der Waals surface area (Å²) in [4.78, 5) is 16.8. The van der Waals surface area contributed by atoms with E-state index in [9.17, 15) is 4.79 Å². The average molecular weight is 403 g/mol. The number of hydrogen-bond donors (Lipinski definition) is 0. The van der Waals surface area contributed by atoms with Crippen molar-refractivity contribution in [1.29, 1.82) is 0 Å². The molecule has 1 saturated heterocycles. The molecule has 0 bridgehead atoms. The zero-order chi connectivity index (χ0) is 17.5. The summed E-state index contributed by atoms with van der Waals surface area (Å²) in [5, 5.41) is 0. The second-order valence-electron chi connectivity index (χ2n) is 6.22. The third-order valence-electron chi connectivity index (χ3n) is 4.38. The third-order valence-corrected chi connectivity index (χ3v) is 5.03. The molecule has 1 amide bonds. The van der Waals surface area contributed by atoms with E-state index >= 15 is 0 Å². The fourth-order valence-corrected chi connectivity index (χ4v) is 3.41. The second-order valence-corrected chi connectivity index (χ2v) is 7.07. The number of amides is 1. The Morgan fingerprint density at radius 2 is 1.72 bits per heavy atom. The van der Waals surface area contributed by atoms with Crippen LogP contribution in [0.5, 0.6) is 5.75 Å². The lowest BCUT2D eigenvalue weighted by molar-refractivity contribution is -0.133. The highest BCUT2D eigenvalue weighted by atomic mass is 79.9. The second kappa shape index (κ2) is 9.02. The van der Waals surface area contributed by atoms with Gasteiger partial charge >= 0.3 is 0 Å². The first-order valence-corrected chi connectivity index (χ1v) is 9.43. The molecule has 0 aromatic heterocycles. The van der Waals surface area contributed by atoms with Crippen molar-refractivity contribution in [1.82, 2.24) is 9.80 Å². The van der Waals surface area contributed by atoms with E-state index in [-0.39, 0.29) is 12.5 Å². The zero-order valence-electron chi connectivity index (χ0n) is 14.2. The van der Waals surface area contributed by atoms with E-state index in [4.69, 9.17) is 4.74 Å². The van der Waals surface area contributed by atoms with Gasteiger partial charge in [-0.1, -0.05) is 42.5 Å². The van der Waals surface area contributed by atoms with Gasteiger partial charge in [-0.25, -0.2) is 0 Å². The molecule has 132 valence electrons. The largest absolute Gasteiger partial charge is 0.483 e. The topological polar surface area (TPSA) is 32.8 Å². The number of halogens is 1. The lowest BCUT2D eigenvalue weighted by Crippen LogP contribution is -2.38. The Hall–Kier alpha value is -1.85. The molecule has 1 aliphatic heterocycles. The number of hydrogen-bond acceptors (Lipinski definition) is 3. The summed E-state index contributed by atoms with van der Waals surface area (Å²) in [6.07, 6.45) is 0.994. The minimum Gasteiger partial charge on any atom is -0.483 e. The van der Waals surface area contributed by atoms with Gasteiger partial charge in [0.05, 0.1) is 4.47 Å². The van der Waals surface area contributed by atoms with Crippen molar-refractivity contribution in [3.63, 3.8) is 0 Å². The van der Waals surface area contributed by atoms with Crippen molar-refractivity contribution in [2.75, 3.05) is 32.8 Å². The summed E-state index contributed by atoms with van der Waals surface area (Å²) in [5.41, 5.74) is 1.32. The van der Waals surface area contributed by atoms with E-state index in [0.717, 1.165) is 43.6 Å². The predicted molar refractivity (Wildman–Crippen MR) is 103 cm³/mol. The molecule has 0 spiro atoms. The average Bonchev–Trinajstić information content (AvgIpc) is 2.87. The molecule has 2 aromatic carbocycles. The first-order chi connectivity index (χ1) is 12.2. The predicted octanol–water partition coefficient (Wildman–Crippen LogP) is 3.56. The molecule has 0 aliphatic carbocycles. The minimum absolute atomic E-state index is 0.0531. The molecule has 3 rings (SSSR count). The molecule has 0 atom stereocenters. The van der Waals surface area contributed by atoms with Gasteiger partial charge in [-0.3, -0.25) is 9.69 Å². The summed E-state index contributed by atoms with van der Waals surface area (Å²) in [5.74, 6) is 0.758. The zero-order valence-corrected chi connectivity index (χ0v) is 15.8. The van der Waals surface area contributed by atoms with E-state index in [2.05, 4.69) is 45.1 Å². The van der Waals surface area contributed by atoms with E-state index < -0.39 is 0 Å². The summed E-state index contributed by atoms with van der Waals surface area (Å²) in [6.45, 7) is 4.49. The first kappa shape index (κ1) is 18.0. The maximum Gasteiger partial charge on any atom is 0.260 e. The first-order valence-electron chi connectivity index (χ1n) is 8.64.